The second kappa shape index (κ2) is 9.39. The highest BCUT2D eigenvalue weighted by Gasteiger charge is 2.42. The van der Waals surface area contributed by atoms with Gasteiger partial charge in [-0.1, -0.05) is 23.7 Å². The number of ether oxygens (including phenoxy) is 1. The zero-order chi connectivity index (χ0) is 17.0. The van der Waals surface area contributed by atoms with Gasteiger partial charge in [-0.15, -0.1) is 24.0 Å². The third-order valence-corrected chi connectivity index (χ3v) is 5.14. The molecule has 5 nitrogen and oxygen atoms in total. The molecule has 140 valence electrons. The fraction of sp³-hybridized carbons (Fsp3) is 0.611. The van der Waals surface area contributed by atoms with E-state index >= 15 is 0 Å². The molecule has 2 N–H and O–H groups in total. The zero-order valence-corrected chi connectivity index (χ0v) is 17.7. The van der Waals surface area contributed by atoms with Gasteiger partial charge in [0.05, 0.1) is 19.3 Å². The van der Waals surface area contributed by atoms with Crippen LogP contribution >= 0.6 is 35.6 Å². The van der Waals surface area contributed by atoms with Crippen molar-refractivity contribution in [3.8, 4) is 0 Å². The monoisotopic (exact) mass is 479 g/mol. The van der Waals surface area contributed by atoms with Crippen LogP contribution in [-0.2, 0) is 4.74 Å². The number of halogens is 2. The Hall–Kier alpha value is -0.570. The van der Waals surface area contributed by atoms with Crippen molar-refractivity contribution in [2.75, 3.05) is 39.4 Å². The quantitative estimate of drug-likeness (QED) is 0.396. The van der Waals surface area contributed by atoms with Crippen molar-refractivity contribution in [2.24, 2.45) is 10.4 Å². The Morgan fingerprint density at radius 2 is 2.32 bits per heavy atom. The summed E-state index contributed by atoms with van der Waals surface area (Å²) >= 11 is 5.99. The van der Waals surface area contributed by atoms with E-state index in [9.17, 15) is 5.11 Å². The number of rotatable bonds is 4. The normalized spacial score (nSPS) is 24.4. The summed E-state index contributed by atoms with van der Waals surface area (Å²) in [6.45, 7) is 6.89. The highest BCUT2D eigenvalue weighted by molar-refractivity contribution is 14.0. The lowest BCUT2D eigenvalue weighted by molar-refractivity contribution is 0.156. The number of benzene rings is 1. The van der Waals surface area contributed by atoms with E-state index in [0.717, 1.165) is 57.2 Å². The van der Waals surface area contributed by atoms with Crippen LogP contribution in [0.1, 0.15) is 31.4 Å². The molecule has 2 fully saturated rings. The third-order valence-electron chi connectivity index (χ3n) is 4.91. The van der Waals surface area contributed by atoms with Gasteiger partial charge in [0.2, 0.25) is 0 Å². The van der Waals surface area contributed by atoms with Gasteiger partial charge in [-0.05, 0) is 37.5 Å². The Bertz CT molecular complexity index is 593. The number of likely N-dealkylation sites (tertiary alicyclic amines) is 1. The molecule has 0 aliphatic carbocycles. The number of aliphatic hydroxyl groups is 1. The molecule has 2 unspecified atom stereocenters. The van der Waals surface area contributed by atoms with Gasteiger partial charge in [-0.25, -0.2) is 0 Å². The molecule has 7 heteroatoms. The lowest BCUT2D eigenvalue weighted by Crippen LogP contribution is -2.41. The van der Waals surface area contributed by atoms with Crippen LogP contribution in [0.4, 0.5) is 0 Å². The predicted molar refractivity (Wildman–Crippen MR) is 112 cm³/mol. The van der Waals surface area contributed by atoms with Crippen LogP contribution in [0.15, 0.2) is 29.3 Å². The van der Waals surface area contributed by atoms with E-state index in [1.54, 1.807) is 12.1 Å². The molecule has 3 rings (SSSR count). The molecule has 1 spiro atoms. The number of aliphatic hydroxyl groups excluding tert-OH is 1. The summed E-state index contributed by atoms with van der Waals surface area (Å²) in [5.74, 6) is 0.877. The smallest absolute Gasteiger partial charge is 0.194 e. The minimum Gasteiger partial charge on any atom is -0.386 e. The molecule has 1 aromatic carbocycles. The molecule has 2 aliphatic heterocycles. The lowest BCUT2D eigenvalue weighted by Gasteiger charge is -2.25. The van der Waals surface area contributed by atoms with Crippen molar-refractivity contribution in [1.29, 1.82) is 0 Å². The maximum absolute atomic E-state index is 10.4. The first kappa shape index (κ1) is 20.7. The average molecular weight is 480 g/mol. The highest BCUT2D eigenvalue weighted by atomic mass is 127. The van der Waals surface area contributed by atoms with Crippen molar-refractivity contribution in [2.45, 2.75) is 25.9 Å². The van der Waals surface area contributed by atoms with Crippen molar-refractivity contribution < 1.29 is 9.84 Å². The van der Waals surface area contributed by atoms with Crippen LogP contribution < -0.4 is 5.32 Å². The van der Waals surface area contributed by atoms with Crippen molar-refractivity contribution >= 4 is 41.5 Å². The molecule has 2 heterocycles. The van der Waals surface area contributed by atoms with Gasteiger partial charge in [0.15, 0.2) is 5.96 Å². The number of nitrogens with zero attached hydrogens (tertiary/aromatic N) is 2. The van der Waals surface area contributed by atoms with Crippen LogP contribution in [0, 0.1) is 5.41 Å². The molecule has 0 saturated carbocycles. The Morgan fingerprint density at radius 1 is 1.48 bits per heavy atom. The summed E-state index contributed by atoms with van der Waals surface area (Å²) in [6, 6.07) is 7.31. The van der Waals surface area contributed by atoms with Gasteiger partial charge >= 0.3 is 0 Å². The van der Waals surface area contributed by atoms with E-state index in [-0.39, 0.29) is 24.0 Å². The molecule has 0 amide bonds. The summed E-state index contributed by atoms with van der Waals surface area (Å²) in [5.41, 5.74) is 1.09. The fourth-order valence-electron chi connectivity index (χ4n) is 3.51. The molecular weight excluding hydrogens is 453 g/mol. The minimum atomic E-state index is -0.649. The van der Waals surface area contributed by atoms with Crippen molar-refractivity contribution in [3.05, 3.63) is 34.9 Å². The van der Waals surface area contributed by atoms with Gasteiger partial charge in [0, 0.05) is 36.7 Å². The van der Waals surface area contributed by atoms with Gasteiger partial charge in [0.25, 0.3) is 0 Å². The molecular formula is C18H27ClIN3O2. The number of aliphatic imine (C=N–C) groups is 1. The summed E-state index contributed by atoms with van der Waals surface area (Å²) in [7, 11) is 0. The van der Waals surface area contributed by atoms with Crippen LogP contribution in [-0.4, -0.2) is 55.4 Å². The van der Waals surface area contributed by atoms with Crippen LogP contribution in [0.2, 0.25) is 5.02 Å². The van der Waals surface area contributed by atoms with Gasteiger partial charge in [-0.2, -0.15) is 0 Å². The largest absolute Gasteiger partial charge is 0.386 e. The summed E-state index contributed by atoms with van der Waals surface area (Å²) in [4.78, 5) is 6.95. The van der Waals surface area contributed by atoms with Crippen LogP contribution in [0.3, 0.4) is 0 Å². The van der Waals surface area contributed by atoms with E-state index in [4.69, 9.17) is 16.3 Å². The number of hydrogen-bond donors (Lipinski definition) is 2. The van der Waals surface area contributed by atoms with Crippen LogP contribution in [0.5, 0.6) is 0 Å². The molecule has 2 aliphatic rings. The maximum Gasteiger partial charge on any atom is 0.194 e. The predicted octanol–water partition coefficient (Wildman–Crippen LogP) is 3.07. The SMILES string of the molecule is CCNC(=NCC(O)c1cccc(Cl)c1)N1CCC2(CCOC2)C1.I. The molecule has 1 aromatic rings. The summed E-state index contributed by atoms with van der Waals surface area (Å²) in [5, 5.41) is 14.4. The topological polar surface area (TPSA) is 57.1 Å². The molecule has 0 radical (unpaired) electrons. The van der Waals surface area contributed by atoms with E-state index in [1.165, 1.54) is 0 Å². The van der Waals surface area contributed by atoms with Crippen LogP contribution in [0.25, 0.3) is 0 Å². The first-order valence-corrected chi connectivity index (χ1v) is 9.04. The second-order valence-corrected chi connectivity index (χ2v) is 7.18. The van der Waals surface area contributed by atoms with Gasteiger partial charge < -0.3 is 20.1 Å². The van der Waals surface area contributed by atoms with E-state index in [0.29, 0.717) is 17.0 Å². The fourth-order valence-corrected chi connectivity index (χ4v) is 3.70. The number of nitrogens with one attached hydrogen (secondary N) is 1. The first-order chi connectivity index (χ1) is 11.6. The second-order valence-electron chi connectivity index (χ2n) is 6.74. The average Bonchev–Trinajstić information content (AvgIpc) is 3.21. The molecule has 2 atom stereocenters. The third kappa shape index (κ3) is 5.21. The standard InChI is InChI=1S/C18H26ClN3O2.HI/c1-2-20-17(22-8-6-18(12-22)7-9-24-13-18)21-11-16(23)14-4-3-5-15(19)10-14;/h3-5,10,16,23H,2,6-9,11-13H2,1H3,(H,20,21);1H. The number of hydrogen-bond acceptors (Lipinski definition) is 3. The summed E-state index contributed by atoms with van der Waals surface area (Å²) < 4.78 is 5.60. The molecule has 25 heavy (non-hydrogen) atoms. The Balaban J connectivity index is 0.00000225. The molecule has 2 saturated heterocycles. The van der Waals surface area contributed by atoms with E-state index in [2.05, 4.69) is 22.1 Å². The van der Waals surface area contributed by atoms with E-state index < -0.39 is 6.10 Å². The minimum absolute atomic E-state index is 0. The molecule has 0 aromatic heterocycles. The Kier molecular flexibility index (Phi) is 7.79. The molecule has 0 bridgehead atoms. The van der Waals surface area contributed by atoms with Gasteiger partial charge in [0.1, 0.15) is 0 Å². The summed E-state index contributed by atoms with van der Waals surface area (Å²) in [6.07, 6.45) is 1.63. The van der Waals surface area contributed by atoms with E-state index in [1.807, 2.05) is 12.1 Å². The number of guanidine groups is 1. The Labute approximate surface area is 171 Å². The highest BCUT2D eigenvalue weighted by Crippen LogP contribution is 2.38. The Morgan fingerprint density at radius 3 is 3.00 bits per heavy atom. The first-order valence-electron chi connectivity index (χ1n) is 8.66. The van der Waals surface area contributed by atoms with Crippen molar-refractivity contribution in [3.63, 3.8) is 0 Å². The van der Waals surface area contributed by atoms with Crippen molar-refractivity contribution in [1.82, 2.24) is 10.2 Å². The zero-order valence-electron chi connectivity index (χ0n) is 14.6. The lowest BCUT2D eigenvalue weighted by atomic mass is 9.87. The maximum atomic E-state index is 10.4. The van der Waals surface area contributed by atoms with Gasteiger partial charge in [-0.3, -0.25) is 4.99 Å².